The van der Waals surface area contributed by atoms with Crippen LogP contribution in [0, 0.1) is 0 Å². The van der Waals surface area contributed by atoms with E-state index in [9.17, 15) is 0 Å². The monoisotopic (exact) mass is 236 g/mol. The normalized spacial score (nSPS) is 24.9. The van der Waals surface area contributed by atoms with Gasteiger partial charge >= 0.3 is 0 Å². The Kier molecular flexibility index (Phi) is 4.05. The second-order valence-electron chi connectivity index (χ2n) is 4.95. The van der Waals surface area contributed by atoms with Crippen LogP contribution in [0.1, 0.15) is 45.2 Å². The third-order valence-electron chi connectivity index (χ3n) is 3.63. The van der Waals surface area contributed by atoms with Gasteiger partial charge in [-0.25, -0.2) is 0 Å². The topological polar surface area (TPSA) is 55.9 Å². The van der Waals surface area contributed by atoms with Gasteiger partial charge in [0.15, 0.2) is 0 Å². The largest absolute Gasteiger partial charge is 0.380 e. The smallest absolute Gasteiger partial charge is 0.0853 e. The standard InChI is InChI=1S/C13H24N4/c1-3-12-13(9-17(4-2)16-12)15-11-7-5-10(14)6-8-11/h9-11,15H,3-8,14H2,1-2H3. The van der Waals surface area contributed by atoms with E-state index in [1.54, 1.807) is 0 Å². The third-order valence-corrected chi connectivity index (χ3v) is 3.63. The van der Waals surface area contributed by atoms with E-state index < -0.39 is 0 Å². The molecular weight excluding hydrogens is 212 g/mol. The molecule has 4 nitrogen and oxygen atoms in total. The summed E-state index contributed by atoms with van der Waals surface area (Å²) in [5, 5.41) is 8.19. The molecule has 1 aliphatic rings. The van der Waals surface area contributed by atoms with Gasteiger partial charge in [-0.15, -0.1) is 0 Å². The molecule has 1 heterocycles. The summed E-state index contributed by atoms with van der Waals surface area (Å²) in [5.41, 5.74) is 8.33. The molecule has 2 rings (SSSR count). The molecule has 0 saturated heterocycles. The SMILES string of the molecule is CCc1nn(CC)cc1NC1CCC(N)CC1. The summed E-state index contributed by atoms with van der Waals surface area (Å²) in [6.45, 7) is 5.21. The lowest BCUT2D eigenvalue weighted by atomic mass is 9.91. The van der Waals surface area contributed by atoms with Gasteiger partial charge in [-0.2, -0.15) is 5.10 Å². The molecule has 0 unspecified atom stereocenters. The number of aromatic nitrogens is 2. The highest BCUT2D eigenvalue weighted by molar-refractivity contribution is 5.47. The van der Waals surface area contributed by atoms with Crippen molar-refractivity contribution in [3.63, 3.8) is 0 Å². The summed E-state index contributed by atoms with van der Waals surface area (Å²) in [6, 6.07) is 0.992. The molecule has 0 bridgehead atoms. The quantitative estimate of drug-likeness (QED) is 0.842. The van der Waals surface area contributed by atoms with Gasteiger partial charge in [0, 0.05) is 24.8 Å². The van der Waals surface area contributed by atoms with Gasteiger partial charge in [-0.3, -0.25) is 4.68 Å². The number of hydrogen-bond acceptors (Lipinski definition) is 3. The molecule has 17 heavy (non-hydrogen) atoms. The van der Waals surface area contributed by atoms with Gasteiger partial charge < -0.3 is 11.1 Å². The maximum atomic E-state index is 5.93. The molecule has 1 aromatic rings. The molecular formula is C13H24N4. The number of nitrogens with one attached hydrogen (secondary N) is 1. The van der Waals surface area contributed by atoms with E-state index >= 15 is 0 Å². The number of hydrogen-bond donors (Lipinski definition) is 2. The lowest BCUT2D eigenvalue weighted by molar-refractivity contribution is 0.411. The van der Waals surface area contributed by atoms with Crippen LogP contribution in [-0.2, 0) is 13.0 Å². The Bertz CT molecular complexity index is 350. The highest BCUT2D eigenvalue weighted by Gasteiger charge is 2.19. The minimum Gasteiger partial charge on any atom is -0.380 e. The van der Waals surface area contributed by atoms with Crippen molar-refractivity contribution >= 4 is 5.69 Å². The molecule has 1 saturated carbocycles. The first-order valence-electron chi connectivity index (χ1n) is 6.81. The van der Waals surface area contributed by atoms with Gasteiger partial charge in [0.1, 0.15) is 0 Å². The average molecular weight is 236 g/mol. The van der Waals surface area contributed by atoms with Crippen LogP contribution >= 0.6 is 0 Å². The molecule has 0 spiro atoms. The fourth-order valence-electron chi connectivity index (χ4n) is 2.49. The molecule has 1 aliphatic carbocycles. The van der Waals surface area contributed by atoms with Gasteiger partial charge in [0.25, 0.3) is 0 Å². The number of rotatable bonds is 4. The molecule has 0 amide bonds. The van der Waals surface area contributed by atoms with Crippen molar-refractivity contribution in [2.24, 2.45) is 5.73 Å². The van der Waals surface area contributed by atoms with Gasteiger partial charge in [0.2, 0.25) is 0 Å². The Balaban J connectivity index is 1.99. The summed E-state index contributed by atoms with van der Waals surface area (Å²) >= 11 is 0. The minimum absolute atomic E-state index is 0.414. The van der Waals surface area contributed by atoms with Crippen LogP contribution in [0.5, 0.6) is 0 Å². The fraction of sp³-hybridized carbons (Fsp3) is 0.769. The van der Waals surface area contributed by atoms with Crippen LogP contribution in [0.15, 0.2) is 6.20 Å². The summed E-state index contributed by atoms with van der Waals surface area (Å²) in [6.07, 6.45) is 7.76. The third kappa shape index (κ3) is 3.00. The predicted octanol–water partition coefficient (Wildman–Crippen LogP) is 2.15. The van der Waals surface area contributed by atoms with Crippen molar-refractivity contribution in [2.45, 2.75) is 64.6 Å². The highest BCUT2D eigenvalue weighted by Crippen LogP contribution is 2.23. The van der Waals surface area contributed by atoms with E-state index in [1.165, 1.54) is 24.2 Å². The first-order valence-corrected chi connectivity index (χ1v) is 6.81. The van der Waals surface area contributed by atoms with Crippen LogP contribution in [0.25, 0.3) is 0 Å². The van der Waals surface area contributed by atoms with Gasteiger partial charge in [-0.05, 0) is 39.0 Å². The van der Waals surface area contributed by atoms with Crippen LogP contribution < -0.4 is 11.1 Å². The lowest BCUT2D eigenvalue weighted by Gasteiger charge is -2.27. The molecule has 3 N–H and O–H groups in total. The molecule has 1 fully saturated rings. The van der Waals surface area contributed by atoms with E-state index in [1.807, 2.05) is 4.68 Å². The highest BCUT2D eigenvalue weighted by atomic mass is 15.3. The van der Waals surface area contributed by atoms with Crippen molar-refractivity contribution in [3.8, 4) is 0 Å². The van der Waals surface area contributed by atoms with Gasteiger partial charge in [0.05, 0.1) is 11.4 Å². The van der Waals surface area contributed by atoms with Crippen molar-refractivity contribution < 1.29 is 0 Å². The van der Waals surface area contributed by atoms with E-state index in [0.29, 0.717) is 12.1 Å². The Labute approximate surface area is 104 Å². The van der Waals surface area contributed by atoms with E-state index in [4.69, 9.17) is 5.73 Å². The maximum Gasteiger partial charge on any atom is 0.0853 e. The molecule has 4 heteroatoms. The fourth-order valence-corrected chi connectivity index (χ4v) is 2.49. The van der Waals surface area contributed by atoms with Gasteiger partial charge in [-0.1, -0.05) is 6.92 Å². The Hall–Kier alpha value is -1.03. The number of anilines is 1. The lowest BCUT2D eigenvalue weighted by Crippen LogP contribution is -2.32. The molecule has 0 radical (unpaired) electrons. The summed E-state index contributed by atoms with van der Waals surface area (Å²) in [7, 11) is 0. The number of aryl methyl sites for hydroxylation is 2. The summed E-state index contributed by atoms with van der Waals surface area (Å²) < 4.78 is 2.01. The van der Waals surface area contributed by atoms with Crippen molar-refractivity contribution in [3.05, 3.63) is 11.9 Å². The zero-order valence-electron chi connectivity index (χ0n) is 10.9. The summed E-state index contributed by atoms with van der Waals surface area (Å²) in [5.74, 6) is 0. The molecule has 1 aromatic heterocycles. The summed E-state index contributed by atoms with van der Waals surface area (Å²) in [4.78, 5) is 0. The second kappa shape index (κ2) is 5.54. The van der Waals surface area contributed by atoms with Crippen LogP contribution in [0.4, 0.5) is 5.69 Å². The second-order valence-corrected chi connectivity index (χ2v) is 4.95. The first-order chi connectivity index (χ1) is 8.22. The zero-order chi connectivity index (χ0) is 12.3. The van der Waals surface area contributed by atoms with Crippen molar-refractivity contribution in [1.29, 1.82) is 0 Å². The minimum atomic E-state index is 0.414. The molecule has 96 valence electrons. The predicted molar refractivity (Wildman–Crippen MR) is 71.1 cm³/mol. The van der Waals surface area contributed by atoms with E-state index in [0.717, 1.165) is 25.8 Å². The Morgan fingerprint density at radius 1 is 1.35 bits per heavy atom. The van der Waals surface area contributed by atoms with E-state index in [2.05, 4.69) is 30.5 Å². The van der Waals surface area contributed by atoms with Crippen LogP contribution in [0.2, 0.25) is 0 Å². The maximum absolute atomic E-state index is 5.93. The Morgan fingerprint density at radius 3 is 2.65 bits per heavy atom. The van der Waals surface area contributed by atoms with Crippen molar-refractivity contribution in [1.82, 2.24) is 9.78 Å². The zero-order valence-corrected chi connectivity index (χ0v) is 10.9. The van der Waals surface area contributed by atoms with Crippen molar-refractivity contribution in [2.75, 3.05) is 5.32 Å². The first kappa shape index (κ1) is 12.4. The number of nitrogens with two attached hydrogens (primary N) is 1. The molecule has 0 aliphatic heterocycles. The van der Waals surface area contributed by atoms with E-state index in [-0.39, 0.29) is 0 Å². The average Bonchev–Trinajstić information content (AvgIpc) is 2.74. The Morgan fingerprint density at radius 2 is 2.06 bits per heavy atom. The number of nitrogens with zero attached hydrogens (tertiary/aromatic N) is 2. The molecule has 0 aromatic carbocycles. The van der Waals surface area contributed by atoms with Crippen LogP contribution in [0.3, 0.4) is 0 Å². The van der Waals surface area contributed by atoms with Crippen LogP contribution in [-0.4, -0.2) is 21.9 Å². The molecule has 0 atom stereocenters.